The third-order valence-electron chi connectivity index (χ3n) is 2.01. The zero-order chi connectivity index (χ0) is 10.1. The molecule has 1 unspecified atom stereocenters. The molecule has 2 N–H and O–H groups in total. The monoisotopic (exact) mass is 255 g/mol. The maximum absolute atomic E-state index is 6.00. The minimum atomic E-state index is -0.270. The summed E-state index contributed by atoms with van der Waals surface area (Å²) in [7, 11) is 1.85. The van der Waals surface area contributed by atoms with Crippen molar-refractivity contribution in [2.75, 3.05) is 0 Å². The predicted molar refractivity (Wildman–Crippen MR) is 55.6 cm³/mol. The number of aryl methyl sites for hydroxylation is 1. The Morgan fingerprint density at radius 2 is 2.43 bits per heavy atom. The molecule has 0 aliphatic carbocycles. The standard InChI is InChI=1S/C9H10BrN3O/c1-13-5-6(4-12-13)8(11)9-7(10)2-3-14-9/h2-5,8H,11H2,1H3. The Kier molecular flexibility index (Phi) is 2.43. The van der Waals surface area contributed by atoms with Gasteiger partial charge in [-0.1, -0.05) is 0 Å². The van der Waals surface area contributed by atoms with Crippen LogP contribution in [-0.2, 0) is 7.05 Å². The number of hydrogen-bond donors (Lipinski definition) is 1. The summed E-state index contributed by atoms with van der Waals surface area (Å²) in [4.78, 5) is 0. The van der Waals surface area contributed by atoms with Gasteiger partial charge in [0.2, 0.25) is 0 Å². The van der Waals surface area contributed by atoms with Crippen molar-refractivity contribution in [3.05, 3.63) is 40.5 Å². The van der Waals surface area contributed by atoms with Gasteiger partial charge in [-0.3, -0.25) is 4.68 Å². The minimum Gasteiger partial charge on any atom is -0.466 e. The molecule has 0 saturated heterocycles. The van der Waals surface area contributed by atoms with Gasteiger partial charge in [0.05, 0.1) is 23.0 Å². The van der Waals surface area contributed by atoms with E-state index in [1.165, 1.54) is 0 Å². The molecule has 0 aromatic carbocycles. The quantitative estimate of drug-likeness (QED) is 0.891. The summed E-state index contributed by atoms with van der Waals surface area (Å²) in [5.74, 6) is 0.720. The predicted octanol–water partition coefficient (Wildman–Crippen LogP) is 1.82. The van der Waals surface area contributed by atoms with Gasteiger partial charge >= 0.3 is 0 Å². The lowest BCUT2D eigenvalue weighted by Gasteiger charge is -2.05. The number of halogens is 1. The molecular formula is C9H10BrN3O. The van der Waals surface area contributed by atoms with Gasteiger partial charge in [0.25, 0.3) is 0 Å². The van der Waals surface area contributed by atoms with Gasteiger partial charge in [0.15, 0.2) is 0 Å². The first kappa shape index (κ1) is 9.48. The van der Waals surface area contributed by atoms with E-state index in [1.807, 2.05) is 19.3 Å². The van der Waals surface area contributed by atoms with Crippen molar-refractivity contribution < 1.29 is 4.42 Å². The fraction of sp³-hybridized carbons (Fsp3) is 0.222. The van der Waals surface area contributed by atoms with E-state index in [9.17, 15) is 0 Å². The molecule has 0 bridgehead atoms. The van der Waals surface area contributed by atoms with Gasteiger partial charge in [-0.15, -0.1) is 0 Å². The lowest BCUT2D eigenvalue weighted by molar-refractivity contribution is 0.487. The number of nitrogens with two attached hydrogens (primary N) is 1. The lowest BCUT2D eigenvalue weighted by atomic mass is 10.1. The van der Waals surface area contributed by atoms with E-state index in [0.717, 1.165) is 15.8 Å². The van der Waals surface area contributed by atoms with Gasteiger partial charge in [0.1, 0.15) is 5.76 Å². The molecule has 0 radical (unpaired) electrons. The molecular weight excluding hydrogens is 246 g/mol. The van der Waals surface area contributed by atoms with Crippen LogP contribution < -0.4 is 5.73 Å². The highest BCUT2D eigenvalue weighted by molar-refractivity contribution is 9.10. The number of aromatic nitrogens is 2. The molecule has 0 aliphatic heterocycles. The van der Waals surface area contributed by atoms with E-state index < -0.39 is 0 Å². The summed E-state index contributed by atoms with van der Waals surface area (Å²) in [6, 6.07) is 1.55. The first-order chi connectivity index (χ1) is 6.68. The molecule has 2 rings (SSSR count). The van der Waals surface area contributed by atoms with E-state index in [2.05, 4.69) is 21.0 Å². The summed E-state index contributed by atoms with van der Waals surface area (Å²) in [5, 5.41) is 4.06. The van der Waals surface area contributed by atoms with Crippen LogP contribution in [-0.4, -0.2) is 9.78 Å². The molecule has 4 nitrogen and oxygen atoms in total. The molecule has 2 aromatic rings. The largest absolute Gasteiger partial charge is 0.466 e. The highest BCUT2D eigenvalue weighted by atomic mass is 79.9. The second-order valence-corrected chi connectivity index (χ2v) is 3.91. The van der Waals surface area contributed by atoms with Crippen molar-refractivity contribution in [1.29, 1.82) is 0 Å². The Bertz CT molecular complexity index is 435. The van der Waals surface area contributed by atoms with Gasteiger partial charge in [0, 0.05) is 18.8 Å². The van der Waals surface area contributed by atoms with Crippen LogP contribution in [0.25, 0.3) is 0 Å². The van der Waals surface area contributed by atoms with Crippen LogP contribution in [0.4, 0.5) is 0 Å². The molecule has 0 aliphatic rings. The summed E-state index contributed by atoms with van der Waals surface area (Å²) in [6.07, 6.45) is 5.22. The van der Waals surface area contributed by atoms with Crippen molar-refractivity contribution in [2.24, 2.45) is 12.8 Å². The number of nitrogens with zero attached hydrogens (tertiary/aromatic N) is 2. The topological polar surface area (TPSA) is 57.0 Å². The third-order valence-corrected chi connectivity index (χ3v) is 2.67. The van der Waals surface area contributed by atoms with Crippen LogP contribution in [0.15, 0.2) is 33.6 Å². The molecule has 1 atom stereocenters. The van der Waals surface area contributed by atoms with Gasteiger partial charge in [-0.05, 0) is 22.0 Å². The number of furan rings is 1. The molecule has 0 amide bonds. The third kappa shape index (κ3) is 1.60. The van der Waals surface area contributed by atoms with Crippen LogP contribution in [0.2, 0.25) is 0 Å². The average molecular weight is 256 g/mol. The molecule has 0 fully saturated rings. The minimum absolute atomic E-state index is 0.270. The molecule has 2 aromatic heterocycles. The van der Waals surface area contributed by atoms with Gasteiger partial charge in [-0.2, -0.15) is 5.10 Å². The Balaban J connectivity index is 2.33. The molecule has 5 heteroatoms. The van der Waals surface area contributed by atoms with Crippen LogP contribution in [0.3, 0.4) is 0 Å². The lowest BCUT2D eigenvalue weighted by Crippen LogP contribution is -2.10. The maximum Gasteiger partial charge on any atom is 0.139 e. The average Bonchev–Trinajstić information content (AvgIpc) is 2.73. The first-order valence-electron chi connectivity index (χ1n) is 4.15. The second kappa shape index (κ2) is 3.59. The SMILES string of the molecule is Cn1cc(C(N)c2occc2Br)cn1. The van der Waals surface area contributed by atoms with Gasteiger partial charge < -0.3 is 10.2 Å². The van der Waals surface area contributed by atoms with Crippen LogP contribution >= 0.6 is 15.9 Å². The van der Waals surface area contributed by atoms with Crippen molar-refractivity contribution in [1.82, 2.24) is 9.78 Å². The van der Waals surface area contributed by atoms with Crippen molar-refractivity contribution in [2.45, 2.75) is 6.04 Å². The summed E-state index contributed by atoms with van der Waals surface area (Å²) < 4.78 is 7.88. The van der Waals surface area contributed by atoms with Gasteiger partial charge in [-0.25, -0.2) is 0 Å². The number of rotatable bonds is 2. The molecule has 0 saturated carbocycles. The zero-order valence-electron chi connectivity index (χ0n) is 7.64. The fourth-order valence-corrected chi connectivity index (χ4v) is 1.73. The van der Waals surface area contributed by atoms with E-state index in [0.29, 0.717) is 0 Å². The summed E-state index contributed by atoms with van der Waals surface area (Å²) in [6.45, 7) is 0. The number of hydrogen-bond acceptors (Lipinski definition) is 3. The Morgan fingerprint density at radius 3 is 2.93 bits per heavy atom. The summed E-state index contributed by atoms with van der Waals surface area (Å²) >= 11 is 3.37. The zero-order valence-corrected chi connectivity index (χ0v) is 9.23. The van der Waals surface area contributed by atoms with E-state index in [1.54, 1.807) is 17.1 Å². The highest BCUT2D eigenvalue weighted by Crippen LogP contribution is 2.27. The van der Waals surface area contributed by atoms with Crippen molar-refractivity contribution in [3.63, 3.8) is 0 Å². The Labute approximate surface area is 89.8 Å². The normalized spacial score (nSPS) is 13.1. The Morgan fingerprint density at radius 1 is 1.64 bits per heavy atom. The smallest absolute Gasteiger partial charge is 0.139 e. The molecule has 0 spiro atoms. The molecule has 2 heterocycles. The fourth-order valence-electron chi connectivity index (χ4n) is 1.28. The van der Waals surface area contributed by atoms with Crippen LogP contribution in [0, 0.1) is 0 Å². The highest BCUT2D eigenvalue weighted by Gasteiger charge is 2.16. The maximum atomic E-state index is 6.00. The van der Waals surface area contributed by atoms with Crippen molar-refractivity contribution >= 4 is 15.9 Å². The van der Waals surface area contributed by atoms with Crippen LogP contribution in [0.5, 0.6) is 0 Å². The molecule has 14 heavy (non-hydrogen) atoms. The molecule has 74 valence electrons. The summed E-state index contributed by atoms with van der Waals surface area (Å²) in [5.41, 5.74) is 6.93. The van der Waals surface area contributed by atoms with Crippen molar-refractivity contribution in [3.8, 4) is 0 Å². The van der Waals surface area contributed by atoms with E-state index in [4.69, 9.17) is 10.2 Å². The first-order valence-corrected chi connectivity index (χ1v) is 4.95. The van der Waals surface area contributed by atoms with E-state index >= 15 is 0 Å². The second-order valence-electron chi connectivity index (χ2n) is 3.06. The van der Waals surface area contributed by atoms with Crippen LogP contribution in [0.1, 0.15) is 17.4 Å². The Hall–Kier alpha value is -1.07. The van der Waals surface area contributed by atoms with E-state index in [-0.39, 0.29) is 6.04 Å².